The van der Waals surface area contributed by atoms with Crippen molar-refractivity contribution >= 4 is 34.7 Å². The fourth-order valence-electron chi connectivity index (χ4n) is 4.60. The number of hydrogen-bond acceptors (Lipinski definition) is 5. The Morgan fingerprint density at radius 2 is 1.94 bits per heavy atom. The molecule has 2 heterocycles. The topological polar surface area (TPSA) is 36.9 Å². The van der Waals surface area contributed by atoms with Gasteiger partial charge in [-0.3, -0.25) is 0 Å². The minimum absolute atomic E-state index is 0.226. The maximum atomic E-state index is 13.8. The third-order valence-electron chi connectivity index (χ3n) is 6.41. The van der Waals surface area contributed by atoms with E-state index < -0.39 is 5.54 Å². The molecule has 0 radical (unpaired) electrons. The molecule has 2 aliphatic rings. The van der Waals surface area contributed by atoms with Crippen LogP contribution in [0.4, 0.5) is 15.8 Å². The molecule has 0 atom stereocenters. The van der Waals surface area contributed by atoms with Gasteiger partial charge in [-0.2, -0.15) is 0 Å². The summed E-state index contributed by atoms with van der Waals surface area (Å²) in [4.78, 5) is 8.26. The third-order valence-corrected chi connectivity index (χ3v) is 7.19. The molecule has 32 heavy (non-hydrogen) atoms. The lowest BCUT2D eigenvalue weighted by Gasteiger charge is -2.38. The number of benzene rings is 2. The lowest BCUT2D eigenvalue weighted by molar-refractivity contribution is 0.0809. The highest BCUT2D eigenvalue weighted by Crippen LogP contribution is 2.44. The molecule has 0 spiro atoms. The fourth-order valence-corrected chi connectivity index (χ4v) is 5.17. The smallest absolute Gasteiger partial charge is 0.124 e. The van der Waals surface area contributed by atoms with E-state index in [2.05, 4.69) is 56.7 Å². The van der Waals surface area contributed by atoms with Crippen molar-refractivity contribution in [1.29, 1.82) is 0 Å². The van der Waals surface area contributed by atoms with Gasteiger partial charge < -0.3 is 15.0 Å². The summed E-state index contributed by atoms with van der Waals surface area (Å²) < 4.78 is 19.4. The van der Waals surface area contributed by atoms with Gasteiger partial charge in [-0.25, -0.2) is 9.38 Å². The van der Waals surface area contributed by atoms with Crippen molar-refractivity contribution in [3.63, 3.8) is 0 Å². The van der Waals surface area contributed by atoms with Crippen LogP contribution in [0, 0.1) is 18.7 Å². The number of aliphatic imine (C=N–C) groups is 1. The van der Waals surface area contributed by atoms with Crippen LogP contribution in [0.15, 0.2) is 46.8 Å². The molecule has 4 rings (SSSR count). The Balaban J connectivity index is 1.80. The first-order chi connectivity index (χ1) is 15.2. The van der Waals surface area contributed by atoms with Crippen LogP contribution in [0.1, 0.15) is 43.4 Å². The van der Waals surface area contributed by atoms with Gasteiger partial charge >= 0.3 is 0 Å². The number of ether oxygens (including phenoxy) is 1. The molecule has 0 saturated carbocycles. The Hall–Kier alpha value is -2.31. The zero-order chi connectivity index (χ0) is 23.0. The van der Waals surface area contributed by atoms with Crippen LogP contribution < -0.4 is 5.32 Å². The van der Waals surface area contributed by atoms with Gasteiger partial charge in [-0.15, -0.1) is 11.8 Å². The minimum atomic E-state index is -0.432. The van der Waals surface area contributed by atoms with Crippen molar-refractivity contribution in [1.82, 2.24) is 4.90 Å². The number of nitrogens with one attached hydrogen (secondary N) is 1. The molecule has 1 fully saturated rings. The summed E-state index contributed by atoms with van der Waals surface area (Å²) in [5.74, 6) is 1.21. The van der Waals surface area contributed by atoms with E-state index in [4.69, 9.17) is 9.73 Å². The fraction of sp³-hybridized carbons (Fsp3) is 0.423. The Kier molecular flexibility index (Phi) is 6.37. The second kappa shape index (κ2) is 8.91. The number of anilines is 1. The second-order valence-electron chi connectivity index (χ2n) is 9.17. The van der Waals surface area contributed by atoms with Gasteiger partial charge in [0, 0.05) is 53.6 Å². The lowest BCUT2D eigenvalue weighted by Crippen LogP contribution is -2.37. The summed E-state index contributed by atoms with van der Waals surface area (Å²) in [6, 6.07) is 9.27. The number of amidine groups is 1. The van der Waals surface area contributed by atoms with Crippen LogP contribution in [0.3, 0.4) is 0 Å². The first-order valence-corrected chi connectivity index (χ1v) is 12.3. The van der Waals surface area contributed by atoms with Crippen LogP contribution in [-0.4, -0.2) is 37.3 Å². The van der Waals surface area contributed by atoms with Gasteiger partial charge in [0.1, 0.15) is 11.7 Å². The van der Waals surface area contributed by atoms with Crippen LogP contribution in [0.25, 0.3) is 5.70 Å². The van der Waals surface area contributed by atoms with Crippen LogP contribution in [0.5, 0.6) is 0 Å². The van der Waals surface area contributed by atoms with Gasteiger partial charge in [0.05, 0.1) is 11.2 Å². The molecule has 0 aromatic heterocycles. The summed E-state index contributed by atoms with van der Waals surface area (Å²) in [6.45, 7) is 12.4. The van der Waals surface area contributed by atoms with E-state index in [0.717, 1.165) is 70.5 Å². The second-order valence-corrected chi connectivity index (χ2v) is 10.0. The summed E-state index contributed by atoms with van der Waals surface area (Å²) in [5, 5.41) is 3.66. The van der Waals surface area contributed by atoms with Crippen molar-refractivity contribution in [2.45, 2.75) is 44.0 Å². The van der Waals surface area contributed by atoms with Crippen molar-refractivity contribution in [2.75, 3.05) is 31.8 Å². The molecular formula is C26H32FN3OS. The minimum Gasteiger partial charge on any atom is -0.381 e. The van der Waals surface area contributed by atoms with Crippen LogP contribution in [0.2, 0.25) is 0 Å². The number of thioether (sulfide) groups is 1. The molecule has 6 heteroatoms. The van der Waals surface area contributed by atoms with E-state index in [1.807, 2.05) is 12.3 Å². The van der Waals surface area contributed by atoms with Gasteiger partial charge in [0.15, 0.2) is 0 Å². The van der Waals surface area contributed by atoms with Crippen LogP contribution >= 0.6 is 11.8 Å². The molecule has 170 valence electrons. The van der Waals surface area contributed by atoms with E-state index in [-0.39, 0.29) is 5.82 Å². The Morgan fingerprint density at radius 3 is 2.62 bits per heavy atom. The number of rotatable bonds is 5. The monoisotopic (exact) mass is 453 g/mol. The summed E-state index contributed by atoms with van der Waals surface area (Å²) in [7, 11) is 2.06. The predicted octanol–water partition coefficient (Wildman–Crippen LogP) is 6.58. The first kappa shape index (κ1) is 22.9. The van der Waals surface area contributed by atoms with Crippen molar-refractivity contribution < 1.29 is 9.13 Å². The average Bonchev–Trinajstić information content (AvgIpc) is 2.77. The van der Waals surface area contributed by atoms with Gasteiger partial charge in [-0.05, 0) is 69.7 Å². The number of fused-ring (bicyclic) bond motifs is 1. The summed E-state index contributed by atoms with van der Waals surface area (Å²) in [5.41, 5.74) is 5.78. The molecule has 2 aromatic rings. The third kappa shape index (κ3) is 4.30. The molecule has 0 amide bonds. The van der Waals surface area contributed by atoms with E-state index >= 15 is 0 Å². The normalized spacial score (nSPS) is 17.2. The summed E-state index contributed by atoms with van der Waals surface area (Å²) in [6.07, 6.45) is 3.91. The Bertz CT molecular complexity index is 1070. The summed E-state index contributed by atoms with van der Waals surface area (Å²) >= 11 is 1.53. The average molecular weight is 454 g/mol. The van der Waals surface area contributed by atoms with Crippen molar-refractivity contribution in [3.8, 4) is 0 Å². The number of halogens is 1. The highest BCUT2D eigenvalue weighted by Gasteiger charge is 2.33. The van der Waals surface area contributed by atoms with Gasteiger partial charge in [-0.1, -0.05) is 12.6 Å². The highest BCUT2D eigenvalue weighted by molar-refractivity contribution is 7.98. The molecule has 0 bridgehead atoms. The van der Waals surface area contributed by atoms with Crippen molar-refractivity contribution in [2.24, 2.45) is 10.9 Å². The van der Waals surface area contributed by atoms with E-state index in [1.54, 1.807) is 6.07 Å². The SMILES string of the molecule is C=C1c2cc(C)cc(C(C)(C)Nc3ccc(F)cc3SC)c2N=C(C2CCOCC2)N1C. The van der Waals surface area contributed by atoms with E-state index in [0.29, 0.717) is 5.92 Å². The molecule has 0 aliphatic carbocycles. The molecule has 4 nitrogen and oxygen atoms in total. The van der Waals surface area contributed by atoms with Crippen molar-refractivity contribution in [3.05, 3.63) is 59.4 Å². The standard InChI is InChI=1S/C26H32FN3OS/c1-16-13-20-17(2)30(5)25(18-9-11-31-12-10-18)28-24(20)21(14-16)26(3,4)29-22-8-7-19(27)15-23(22)32-6/h7-8,13-15,18,29H,2,9-12H2,1,3-6H3. The quantitative estimate of drug-likeness (QED) is 0.519. The Morgan fingerprint density at radius 1 is 1.22 bits per heavy atom. The molecule has 1 N–H and O–H groups in total. The molecule has 2 aliphatic heterocycles. The number of nitrogens with zero attached hydrogens (tertiary/aromatic N) is 2. The largest absolute Gasteiger partial charge is 0.381 e. The van der Waals surface area contributed by atoms with Gasteiger partial charge in [0.2, 0.25) is 0 Å². The Labute approximate surface area is 195 Å². The maximum absolute atomic E-state index is 13.8. The van der Waals surface area contributed by atoms with E-state index in [1.165, 1.54) is 17.8 Å². The highest BCUT2D eigenvalue weighted by atomic mass is 32.2. The molecule has 2 aromatic carbocycles. The van der Waals surface area contributed by atoms with Gasteiger partial charge in [0.25, 0.3) is 0 Å². The predicted molar refractivity (Wildman–Crippen MR) is 133 cm³/mol. The van der Waals surface area contributed by atoms with E-state index in [9.17, 15) is 4.39 Å². The number of hydrogen-bond donors (Lipinski definition) is 1. The molecule has 0 unspecified atom stereocenters. The maximum Gasteiger partial charge on any atom is 0.124 e. The molecule has 1 saturated heterocycles. The number of aryl methyl sites for hydroxylation is 1. The van der Waals surface area contributed by atoms with Crippen LogP contribution in [-0.2, 0) is 10.3 Å². The zero-order valence-electron chi connectivity index (χ0n) is 19.6. The lowest BCUT2D eigenvalue weighted by atomic mass is 9.86. The zero-order valence-corrected chi connectivity index (χ0v) is 20.4. The molecular weight excluding hydrogens is 421 g/mol. The first-order valence-electron chi connectivity index (χ1n) is 11.1.